The zero-order chi connectivity index (χ0) is 40.3. The predicted molar refractivity (Wildman–Crippen MR) is 239 cm³/mol. The van der Waals surface area contributed by atoms with Crippen LogP contribution in [0, 0.1) is 0 Å². The summed E-state index contributed by atoms with van der Waals surface area (Å²) in [6, 6.07) is -0.985. The minimum atomic E-state index is -4.32. The van der Waals surface area contributed by atoms with Crippen molar-refractivity contribution in [2.75, 3.05) is 5.75 Å². The highest BCUT2D eigenvalue weighted by Gasteiger charge is 2.26. The van der Waals surface area contributed by atoms with Gasteiger partial charge in [-0.1, -0.05) is 216 Å². The van der Waals surface area contributed by atoms with Crippen LogP contribution in [0.5, 0.6) is 0 Å². The van der Waals surface area contributed by atoms with Crippen LogP contribution in [0.1, 0.15) is 219 Å². The Morgan fingerprint density at radius 1 is 0.509 bits per heavy atom. The summed E-state index contributed by atoms with van der Waals surface area (Å²) in [5.74, 6) is -0.922. The Morgan fingerprint density at radius 3 is 1.29 bits per heavy atom. The highest BCUT2D eigenvalue weighted by atomic mass is 32.2. The molecule has 320 valence electrons. The Hall–Kier alpha value is -1.96. The second kappa shape index (κ2) is 41.7. The first kappa shape index (κ1) is 53.0. The Kier molecular flexibility index (Phi) is 40.2. The number of carbonyl (C=O) groups is 1. The number of hydrogen-bond acceptors (Lipinski definition) is 4. The van der Waals surface area contributed by atoms with Crippen molar-refractivity contribution >= 4 is 16.0 Å². The van der Waals surface area contributed by atoms with E-state index >= 15 is 0 Å². The van der Waals surface area contributed by atoms with Crippen LogP contribution >= 0.6 is 0 Å². The van der Waals surface area contributed by atoms with E-state index in [-0.39, 0.29) is 5.91 Å². The number of hydrogen-bond donors (Lipinski definition) is 3. The Bertz CT molecular complexity index is 1090. The van der Waals surface area contributed by atoms with Gasteiger partial charge in [-0.25, -0.2) is 0 Å². The van der Waals surface area contributed by atoms with Gasteiger partial charge in [-0.2, -0.15) is 8.42 Å². The normalized spacial score (nSPS) is 13.7. The molecule has 0 saturated carbocycles. The van der Waals surface area contributed by atoms with Crippen molar-refractivity contribution in [2.45, 2.75) is 231 Å². The minimum Gasteiger partial charge on any atom is -0.391 e. The fraction of sp³-hybridized carbons (Fsp3) is 0.771. The number of nitrogens with one attached hydrogen (secondary N) is 1. The molecule has 0 aromatic carbocycles. The maximum atomic E-state index is 12.6. The van der Waals surface area contributed by atoms with Crippen LogP contribution in [0.2, 0.25) is 0 Å². The van der Waals surface area contributed by atoms with Crippen molar-refractivity contribution < 1.29 is 22.9 Å². The van der Waals surface area contributed by atoms with Crippen LogP contribution in [0.25, 0.3) is 0 Å². The molecule has 0 aromatic heterocycles. The van der Waals surface area contributed by atoms with Gasteiger partial charge in [-0.05, 0) is 57.8 Å². The van der Waals surface area contributed by atoms with Gasteiger partial charge < -0.3 is 10.4 Å². The Balaban J connectivity index is 3.87. The molecule has 55 heavy (non-hydrogen) atoms. The standard InChI is InChI=1S/C48H87NO5S/c1-3-5-7-9-11-13-15-17-19-21-23-24-26-28-30-32-34-36-38-40-42-44-48(51)49-46(45-55(52,53)54)47(50)43-41-39-37-35-33-31-29-27-25-22-20-18-16-14-12-10-8-6-4-2/h5,7,11,13,17,19,23-24,28,30,46-47,50H,3-4,6,8-10,12,14-16,18,20-22,25-27,29,31-45H2,1-2H3,(H,49,51)(H,52,53,54)/b7-5-,13-11-,19-17-,24-23-,30-28-. The fourth-order valence-electron chi connectivity index (χ4n) is 6.83. The molecule has 0 fully saturated rings. The molecule has 0 bridgehead atoms. The number of rotatable bonds is 41. The van der Waals surface area contributed by atoms with E-state index in [1.165, 1.54) is 103 Å². The molecule has 1 amide bonds. The molecule has 0 spiro atoms. The third-order valence-corrected chi connectivity index (χ3v) is 11.0. The zero-order valence-corrected chi connectivity index (χ0v) is 36.6. The number of allylic oxidation sites excluding steroid dienone is 10. The fourth-order valence-corrected chi connectivity index (χ4v) is 7.59. The summed E-state index contributed by atoms with van der Waals surface area (Å²) in [6.07, 6.45) is 57.4. The molecule has 0 aromatic rings. The van der Waals surface area contributed by atoms with E-state index in [2.05, 4.69) is 79.9 Å². The van der Waals surface area contributed by atoms with E-state index in [1.807, 2.05) is 0 Å². The number of amides is 1. The van der Waals surface area contributed by atoms with Crippen LogP contribution in [0.15, 0.2) is 60.8 Å². The van der Waals surface area contributed by atoms with Crippen LogP contribution in [-0.2, 0) is 14.9 Å². The second-order valence-electron chi connectivity index (χ2n) is 15.7. The largest absolute Gasteiger partial charge is 0.391 e. The first-order valence-corrected chi connectivity index (χ1v) is 24.6. The van der Waals surface area contributed by atoms with Crippen LogP contribution in [-0.4, -0.2) is 41.9 Å². The molecule has 0 heterocycles. The molecule has 0 aliphatic rings. The van der Waals surface area contributed by atoms with Gasteiger partial charge in [0.25, 0.3) is 10.1 Å². The molecule has 0 rings (SSSR count). The molecular weight excluding hydrogens is 703 g/mol. The molecular formula is C48H87NO5S. The topological polar surface area (TPSA) is 104 Å². The van der Waals surface area contributed by atoms with Crippen LogP contribution < -0.4 is 5.32 Å². The summed E-state index contributed by atoms with van der Waals surface area (Å²) in [5, 5.41) is 13.4. The Labute approximate surface area is 341 Å². The van der Waals surface area contributed by atoms with Gasteiger partial charge in [0.2, 0.25) is 5.91 Å². The molecule has 2 atom stereocenters. The maximum Gasteiger partial charge on any atom is 0.266 e. The van der Waals surface area contributed by atoms with E-state index in [4.69, 9.17) is 0 Å². The predicted octanol–water partition coefficient (Wildman–Crippen LogP) is 14.0. The first-order valence-electron chi connectivity index (χ1n) is 23.0. The van der Waals surface area contributed by atoms with E-state index in [0.717, 1.165) is 89.9 Å². The summed E-state index contributed by atoms with van der Waals surface area (Å²) < 4.78 is 32.7. The van der Waals surface area contributed by atoms with E-state index < -0.39 is 28.0 Å². The average molecular weight is 790 g/mol. The van der Waals surface area contributed by atoms with E-state index in [0.29, 0.717) is 12.8 Å². The van der Waals surface area contributed by atoms with Crippen molar-refractivity contribution in [3.05, 3.63) is 60.8 Å². The van der Waals surface area contributed by atoms with Gasteiger partial charge >= 0.3 is 0 Å². The SMILES string of the molecule is CC/C=C\C/C=C\C/C=C\C/C=C\C/C=C\CCCCCCCC(=O)NC(CS(=O)(=O)O)C(O)CCCCCCCCCCCCCCCCCCCCC. The molecule has 6 nitrogen and oxygen atoms in total. The molecule has 0 aliphatic carbocycles. The Morgan fingerprint density at radius 2 is 0.873 bits per heavy atom. The molecule has 0 saturated heterocycles. The highest BCUT2D eigenvalue weighted by molar-refractivity contribution is 7.85. The van der Waals surface area contributed by atoms with Crippen molar-refractivity contribution in [2.24, 2.45) is 0 Å². The first-order chi connectivity index (χ1) is 26.8. The molecule has 2 unspecified atom stereocenters. The zero-order valence-electron chi connectivity index (χ0n) is 35.8. The van der Waals surface area contributed by atoms with Crippen molar-refractivity contribution in [3.8, 4) is 0 Å². The summed E-state index contributed by atoms with van der Waals surface area (Å²) in [4.78, 5) is 12.6. The second-order valence-corrected chi connectivity index (χ2v) is 17.2. The van der Waals surface area contributed by atoms with Gasteiger partial charge in [0.15, 0.2) is 0 Å². The van der Waals surface area contributed by atoms with Gasteiger partial charge in [0, 0.05) is 6.42 Å². The molecule has 7 heteroatoms. The van der Waals surface area contributed by atoms with Crippen molar-refractivity contribution in [1.82, 2.24) is 5.32 Å². The number of aliphatic hydroxyl groups is 1. The number of aliphatic hydroxyl groups excluding tert-OH is 1. The van der Waals surface area contributed by atoms with Crippen molar-refractivity contribution in [3.63, 3.8) is 0 Å². The van der Waals surface area contributed by atoms with Crippen LogP contribution in [0.3, 0.4) is 0 Å². The molecule has 0 aliphatic heterocycles. The lowest BCUT2D eigenvalue weighted by molar-refractivity contribution is -0.122. The number of carbonyl (C=O) groups excluding carboxylic acids is 1. The summed E-state index contributed by atoms with van der Waals surface area (Å²) in [7, 11) is -4.32. The third kappa shape index (κ3) is 43.0. The monoisotopic (exact) mass is 790 g/mol. The lowest BCUT2D eigenvalue weighted by atomic mass is 10.0. The maximum absolute atomic E-state index is 12.6. The summed E-state index contributed by atoms with van der Waals surface area (Å²) in [5.41, 5.74) is 0. The molecule has 3 N–H and O–H groups in total. The third-order valence-electron chi connectivity index (χ3n) is 10.2. The van der Waals surface area contributed by atoms with Gasteiger partial charge in [-0.3, -0.25) is 9.35 Å². The highest BCUT2D eigenvalue weighted by Crippen LogP contribution is 2.16. The lowest BCUT2D eigenvalue weighted by Crippen LogP contribution is -2.47. The van der Waals surface area contributed by atoms with Crippen molar-refractivity contribution in [1.29, 1.82) is 0 Å². The minimum absolute atomic E-state index is 0.264. The summed E-state index contributed by atoms with van der Waals surface area (Å²) in [6.45, 7) is 4.42. The smallest absolute Gasteiger partial charge is 0.266 e. The quantitative estimate of drug-likeness (QED) is 0.0325. The summed E-state index contributed by atoms with van der Waals surface area (Å²) >= 11 is 0. The van der Waals surface area contributed by atoms with Crippen LogP contribution in [0.4, 0.5) is 0 Å². The lowest BCUT2D eigenvalue weighted by Gasteiger charge is -2.23. The van der Waals surface area contributed by atoms with E-state index in [9.17, 15) is 22.9 Å². The van der Waals surface area contributed by atoms with E-state index in [1.54, 1.807) is 0 Å². The molecule has 0 radical (unpaired) electrons. The van der Waals surface area contributed by atoms with Gasteiger partial charge in [0.05, 0.1) is 17.9 Å². The van der Waals surface area contributed by atoms with Gasteiger partial charge in [-0.15, -0.1) is 0 Å². The number of unbranched alkanes of at least 4 members (excludes halogenated alkanes) is 23. The van der Waals surface area contributed by atoms with Gasteiger partial charge in [0.1, 0.15) is 0 Å². The average Bonchev–Trinajstić information content (AvgIpc) is 3.15.